The summed E-state index contributed by atoms with van der Waals surface area (Å²) < 4.78 is 0. The molecule has 1 aliphatic rings. The molecular formula is C17H16O. The SMILES string of the molecule is CC(C)(O)C#Cc1ccc2c3c(cccc13)CC2. The van der Waals surface area contributed by atoms with Crippen LogP contribution in [0.15, 0.2) is 30.3 Å². The molecule has 18 heavy (non-hydrogen) atoms. The van der Waals surface area contributed by atoms with Gasteiger partial charge in [-0.15, -0.1) is 0 Å². The minimum absolute atomic E-state index is 0.942. The fraction of sp³-hybridized carbons (Fsp3) is 0.294. The zero-order chi connectivity index (χ0) is 12.8. The predicted octanol–water partition coefficient (Wildman–Crippen LogP) is 3.06. The van der Waals surface area contributed by atoms with Gasteiger partial charge in [0, 0.05) is 5.56 Å². The van der Waals surface area contributed by atoms with Gasteiger partial charge >= 0.3 is 0 Å². The number of hydrogen-bond donors (Lipinski definition) is 1. The maximum Gasteiger partial charge on any atom is 0.120 e. The summed E-state index contributed by atoms with van der Waals surface area (Å²) in [6.07, 6.45) is 2.27. The van der Waals surface area contributed by atoms with Gasteiger partial charge in [0.25, 0.3) is 0 Å². The van der Waals surface area contributed by atoms with E-state index in [0.717, 1.165) is 18.4 Å². The number of benzene rings is 2. The molecule has 0 radical (unpaired) electrons. The van der Waals surface area contributed by atoms with Gasteiger partial charge in [-0.2, -0.15) is 0 Å². The molecule has 1 N–H and O–H groups in total. The molecule has 0 heterocycles. The largest absolute Gasteiger partial charge is 0.378 e. The van der Waals surface area contributed by atoms with Crippen LogP contribution in [0.4, 0.5) is 0 Å². The Morgan fingerprint density at radius 3 is 2.50 bits per heavy atom. The van der Waals surface area contributed by atoms with Crippen molar-refractivity contribution in [3.63, 3.8) is 0 Å². The fourth-order valence-corrected chi connectivity index (χ4v) is 2.58. The van der Waals surface area contributed by atoms with Crippen molar-refractivity contribution < 1.29 is 5.11 Å². The summed E-state index contributed by atoms with van der Waals surface area (Å²) in [5, 5.41) is 12.3. The molecule has 3 rings (SSSR count). The van der Waals surface area contributed by atoms with E-state index in [1.807, 2.05) is 0 Å². The summed E-state index contributed by atoms with van der Waals surface area (Å²) in [5.41, 5.74) is 2.92. The highest BCUT2D eigenvalue weighted by Crippen LogP contribution is 2.32. The maximum atomic E-state index is 9.70. The Balaban J connectivity index is 2.23. The van der Waals surface area contributed by atoms with Crippen LogP contribution in [0.1, 0.15) is 30.5 Å². The zero-order valence-corrected chi connectivity index (χ0v) is 10.7. The Morgan fingerprint density at radius 2 is 1.78 bits per heavy atom. The number of rotatable bonds is 0. The molecule has 0 unspecified atom stereocenters. The Hall–Kier alpha value is -1.78. The first kappa shape index (κ1) is 11.3. The van der Waals surface area contributed by atoms with Crippen LogP contribution in [-0.4, -0.2) is 10.7 Å². The number of hydrogen-bond acceptors (Lipinski definition) is 1. The lowest BCUT2D eigenvalue weighted by Crippen LogP contribution is -2.14. The molecule has 0 aromatic heterocycles. The van der Waals surface area contributed by atoms with Crippen LogP contribution in [0.5, 0.6) is 0 Å². The van der Waals surface area contributed by atoms with Gasteiger partial charge in [0.1, 0.15) is 5.60 Å². The van der Waals surface area contributed by atoms with Crippen LogP contribution in [0, 0.1) is 11.8 Å². The number of aliphatic hydroxyl groups is 1. The molecule has 2 aromatic rings. The average molecular weight is 236 g/mol. The van der Waals surface area contributed by atoms with Gasteiger partial charge in [-0.3, -0.25) is 0 Å². The minimum atomic E-state index is -0.942. The molecule has 1 aliphatic carbocycles. The summed E-state index contributed by atoms with van der Waals surface area (Å²) in [4.78, 5) is 0. The normalized spacial score (nSPS) is 13.5. The molecule has 90 valence electrons. The molecule has 0 bridgehead atoms. The van der Waals surface area contributed by atoms with Gasteiger partial charge in [-0.05, 0) is 54.7 Å². The van der Waals surface area contributed by atoms with E-state index in [-0.39, 0.29) is 0 Å². The molecule has 0 aliphatic heterocycles. The monoisotopic (exact) mass is 236 g/mol. The van der Waals surface area contributed by atoms with Crippen LogP contribution >= 0.6 is 0 Å². The van der Waals surface area contributed by atoms with Crippen molar-refractivity contribution in [3.05, 3.63) is 47.0 Å². The smallest absolute Gasteiger partial charge is 0.120 e. The predicted molar refractivity (Wildman–Crippen MR) is 74.5 cm³/mol. The zero-order valence-electron chi connectivity index (χ0n) is 10.7. The van der Waals surface area contributed by atoms with Crippen LogP contribution < -0.4 is 0 Å². The Kier molecular flexibility index (Phi) is 2.43. The van der Waals surface area contributed by atoms with E-state index in [4.69, 9.17) is 0 Å². The molecule has 1 nitrogen and oxygen atoms in total. The van der Waals surface area contributed by atoms with Crippen molar-refractivity contribution in [2.24, 2.45) is 0 Å². The highest BCUT2D eigenvalue weighted by molar-refractivity contribution is 5.95. The summed E-state index contributed by atoms with van der Waals surface area (Å²) in [7, 11) is 0. The van der Waals surface area contributed by atoms with Crippen LogP contribution in [0.3, 0.4) is 0 Å². The molecule has 0 fully saturated rings. The van der Waals surface area contributed by atoms with E-state index in [1.165, 1.54) is 21.9 Å². The van der Waals surface area contributed by atoms with E-state index in [0.29, 0.717) is 0 Å². The number of aryl methyl sites for hydroxylation is 2. The highest BCUT2D eigenvalue weighted by Gasteiger charge is 2.15. The lowest BCUT2D eigenvalue weighted by atomic mass is 9.99. The molecular weight excluding hydrogens is 220 g/mol. The lowest BCUT2D eigenvalue weighted by Gasteiger charge is -2.07. The van der Waals surface area contributed by atoms with Crippen LogP contribution in [0.2, 0.25) is 0 Å². The fourth-order valence-electron chi connectivity index (χ4n) is 2.58. The Labute approximate surface area is 107 Å². The molecule has 2 aromatic carbocycles. The third kappa shape index (κ3) is 1.89. The van der Waals surface area contributed by atoms with Crippen molar-refractivity contribution in [1.82, 2.24) is 0 Å². The summed E-state index contributed by atoms with van der Waals surface area (Å²) >= 11 is 0. The maximum absolute atomic E-state index is 9.70. The van der Waals surface area contributed by atoms with Crippen molar-refractivity contribution in [2.45, 2.75) is 32.3 Å². The lowest BCUT2D eigenvalue weighted by molar-refractivity contribution is 0.143. The second-order valence-corrected chi connectivity index (χ2v) is 5.42. The van der Waals surface area contributed by atoms with E-state index in [2.05, 4.69) is 42.2 Å². The van der Waals surface area contributed by atoms with Crippen molar-refractivity contribution in [2.75, 3.05) is 0 Å². The van der Waals surface area contributed by atoms with Gasteiger partial charge in [0.2, 0.25) is 0 Å². The summed E-state index contributed by atoms with van der Waals surface area (Å²) in [6, 6.07) is 10.7. The minimum Gasteiger partial charge on any atom is -0.378 e. The van der Waals surface area contributed by atoms with Gasteiger partial charge < -0.3 is 5.11 Å². The van der Waals surface area contributed by atoms with Gasteiger partial charge in [-0.1, -0.05) is 36.1 Å². The van der Waals surface area contributed by atoms with Crippen LogP contribution in [0.25, 0.3) is 10.8 Å². The molecule has 0 spiro atoms. The summed E-state index contributed by atoms with van der Waals surface area (Å²) in [5.74, 6) is 6.01. The van der Waals surface area contributed by atoms with Gasteiger partial charge in [-0.25, -0.2) is 0 Å². The van der Waals surface area contributed by atoms with Gasteiger partial charge in [0.05, 0.1) is 0 Å². The van der Waals surface area contributed by atoms with Crippen LogP contribution in [-0.2, 0) is 12.8 Å². The van der Waals surface area contributed by atoms with E-state index < -0.39 is 5.60 Å². The van der Waals surface area contributed by atoms with E-state index in [9.17, 15) is 5.11 Å². The van der Waals surface area contributed by atoms with Crippen molar-refractivity contribution >= 4 is 10.8 Å². The quantitative estimate of drug-likeness (QED) is 0.697. The molecule has 0 saturated heterocycles. The molecule has 1 heteroatoms. The second-order valence-electron chi connectivity index (χ2n) is 5.42. The topological polar surface area (TPSA) is 20.2 Å². The van der Waals surface area contributed by atoms with Crippen molar-refractivity contribution in [3.8, 4) is 11.8 Å². The van der Waals surface area contributed by atoms with E-state index >= 15 is 0 Å². The first-order valence-corrected chi connectivity index (χ1v) is 6.34. The first-order valence-electron chi connectivity index (χ1n) is 6.34. The molecule has 0 atom stereocenters. The molecule has 0 amide bonds. The average Bonchev–Trinajstić information content (AvgIpc) is 2.73. The standard InChI is InChI=1S/C17H16O/c1-17(2,18)11-10-12-6-7-14-9-8-13-4-3-5-15(12)16(13)14/h3-7,18H,8-9H2,1-2H3. The first-order chi connectivity index (χ1) is 8.54. The Bertz CT molecular complexity index is 668. The van der Waals surface area contributed by atoms with Gasteiger partial charge in [0.15, 0.2) is 0 Å². The van der Waals surface area contributed by atoms with E-state index in [1.54, 1.807) is 13.8 Å². The Morgan fingerprint density at radius 1 is 1.06 bits per heavy atom. The third-order valence-electron chi connectivity index (χ3n) is 3.38. The summed E-state index contributed by atoms with van der Waals surface area (Å²) in [6.45, 7) is 3.42. The second kappa shape index (κ2) is 3.86. The molecule has 0 saturated carbocycles. The van der Waals surface area contributed by atoms with Crippen molar-refractivity contribution in [1.29, 1.82) is 0 Å². The highest BCUT2D eigenvalue weighted by atomic mass is 16.3. The third-order valence-corrected chi connectivity index (χ3v) is 3.38.